The monoisotopic (exact) mass is 374 g/mol. The lowest BCUT2D eigenvalue weighted by Gasteiger charge is -2.17. The Balaban J connectivity index is 1.80. The number of halogens is 1. The number of hydrogen-bond acceptors (Lipinski definition) is 4. The lowest BCUT2D eigenvalue weighted by molar-refractivity contribution is -0.121. The van der Waals surface area contributed by atoms with Crippen molar-refractivity contribution in [1.82, 2.24) is 0 Å². The second-order valence-electron chi connectivity index (χ2n) is 5.15. The molecule has 0 spiro atoms. The number of methoxy groups -OCH3 is 1. The summed E-state index contributed by atoms with van der Waals surface area (Å²) >= 11 is 3.43. The van der Waals surface area contributed by atoms with E-state index in [1.807, 2.05) is 24.3 Å². The molecule has 118 valence electrons. The normalized spacial score (nSPS) is 17.5. The molecule has 0 unspecified atom stereocenters. The van der Waals surface area contributed by atoms with E-state index in [0.717, 1.165) is 10.2 Å². The number of para-hydroxylation sites is 1. The summed E-state index contributed by atoms with van der Waals surface area (Å²) in [6, 6.07) is 13.8. The third-order valence-electron chi connectivity index (χ3n) is 3.68. The summed E-state index contributed by atoms with van der Waals surface area (Å²) < 4.78 is 5.94. The van der Waals surface area contributed by atoms with E-state index in [1.165, 1.54) is 4.90 Å². The molecule has 2 amide bonds. The average molecular weight is 375 g/mol. The molecule has 1 N–H and O–H groups in total. The molecular formula is C17H15BrN2O3. The summed E-state index contributed by atoms with van der Waals surface area (Å²) in [5.74, 6) is 0.205. The average Bonchev–Trinajstić information content (AvgIpc) is 2.84. The van der Waals surface area contributed by atoms with E-state index in [-0.39, 0.29) is 18.2 Å². The van der Waals surface area contributed by atoms with Crippen molar-refractivity contribution in [3.8, 4) is 5.75 Å². The number of benzene rings is 2. The van der Waals surface area contributed by atoms with E-state index in [0.29, 0.717) is 11.4 Å². The van der Waals surface area contributed by atoms with Gasteiger partial charge in [0.25, 0.3) is 5.91 Å². The van der Waals surface area contributed by atoms with Crippen LogP contribution in [0.15, 0.2) is 53.0 Å². The van der Waals surface area contributed by atoms with Crippen LogP contribution in [0.25, 0.3) is 0 Å². The molecule has 3 rings (SSSR count). The van der Waals surface area contributed by atoms with Crippen LogP contribution in [0, 0.1) is 0 Å². The summed E-state index contributed by atoms with van der Waals surface area (Å²) in [5.41, 5.74) is 1.34. The van der Waals surface area contributed by atoms with E-state index in [9.17, 15) is 9.59 Å². The molecule has 0 aliphatic carbocycles. The molecular weight excluding hydrogens is 360 g/mol. The van der Waals surface area contributed by atoms with Gasteiger partial charge in [0.2, 0.25) is 5.91 Å². The zero-order valence-corrected chi connectivity index (χ0v) is 14.0. The van der Waals surface area contributed by atoms with Gasteiger partial charge in [-0.25, -0.2) is 4.90 Å². The van der Waals surface area contributed by atoms with Gasteiger partial charge in [-0.2, -0.15) is 0 Å². The molecule has 6 heteroatoms. The molecule has 0 saturated carbocycles. The Morgan fingerprint density at radius 2 is 1.83 bits per heavy atom. The number of anilines is 2. The van der Waals surface area contributed by atoms with Crippen molar-refractivity contribution in [2.75, 3.05) is 17.3 Å². The van der Waals surface area contributed by atoms with Crippen LogP contribution < -0.4 is 15.0 Å². The predicted octanol–water partition coefficient (Wildman–Crippen LogP) is 3.20. The van der Waals surface area contributed by atoms with Crippen LogP contribution in [-0.4, -0.2) is 25.0 Å². The summed E-state index contributed by atoms with van der Waals surface area (Å²) in [7, 11) is 1.57. The van der Waals surface area contributed by atoms with Gasteiger partial charge in [-0.05, 0) is 52.3 Å². The van der Waals surface area contributed by atoms with Crippen molar-refractivity contribution in [3.05, 3.63) is 53.0 Å². The number of imide groups is 1. The van der Waals surface area contributed by atoms with E-state index < -0.39 is 6.04 Å². The first-order chi connectivity index (χ1) is 11.1. The van der Waals surface area contributed by atoms with Crippen LogP contribution >= 0.6 is 15.9 Å². The lowest BCUT2D eigenvalue weighted by Crippen LogP contribution is -2.34. The molecule has 0 bridgehead atoms. The Hall–Kier alpha value is -2.34. The number of hydrogen-bond donors (Lipinski definition) is 1. The van der Waals surface area contributed by atoms with E-state index in [4.69, 9.17) is 4.74 Å². The first-order valence-corrected chi connectivity index (χ1v) is 7.91. The number of carbonyl (C=O) groups excluding carboxylic acids is 2. The largest absolute Gasteiger partial charge is 0.497 e. The van der Waals surface area contributed by atoms with Crippen LogP contribution in [0.2, 0.25) is 0 Å². The van der Waals surface area contributed by atoms with Crippen LogP contribution in [0.5, 0.6) is 5.75 Å². The minimum absolute atomic E-state index is 0.131. The SMILES string of the molecule is COc1ccc(N2C(=O)C[C@@H](Nc3ccccc3Br)C2=O)cc1. The lowest BCUT2D eigenvalue weighted by atomic mass is 10.2. The molecule has 2 aromatic rings. The van der Waals surface area contributed by atoms with Gasteiger partial charge < -0.3 is 10.1 Å². The molecule has 1 aliphatic heterocycles. The highest BCUT2D eigenvalue weighted by Crippen LogP contribution is 2.28. The van der Waals surface area contributed by atoms with Gasteiger partial charge in [0.1, 0.15) is 11.8 Å². The van der Waals surface area contributed by atoms with Crippen molar-refractivity contribution in [2.45, 2.75) is 12.5 Å². The Morgan fingerprint density at radius 1 is 1.13 bits per heavy atom. The zero-order chi connectivity index (χ0) is 16.4. The van der Waals surface area contributed by atoms with Gasteiger partial charge in [-0.15, -0.1) is 0 Å². The van der Waals surface area contributed by atoms with Crippen molar-refractivity contribution >= 4 is 39.1 Å². The predicted molar refractivity (Wildman–Crippen MR) is 91.7 cm³/mol. The van der Waals surface area contributed by atoms with Crippen molar-refractivity contribution in [2.24, 2.45) is 0 Å². The second-order valence-corrected chi connectivity index (χ2v) is 6.00. The maximum absolute atomic E-state index is 12.6. The summed E-state index contributed by atoms with van der Waals surface area (Å²) in [5, 5.41) is 3.13. The minimum Gasteiger partial charge on any atom is -0.497 e. The summed E-state index contributed by atoms with van der Waals surface area (Å²) in [4.78, 5) is 26.0. The van der Waals surface area contributed by atoms with E-state index in [2.05, 4.69) is 21.2 Å². The number of amides is 2. The molecule has 0 radical (unpaired) electrons. The van der Waals surface area contributed by atoms with Gasteiger partial charge in [0.05, 0.1) is 19.2 Å². The Kier molecular flexibility index (Phi) is 4.34. The molecule has 5 nitrogen and oxygen atoms in total. The number of nitrogens with one attached hydrogen (secondary N) is 1. The maximum Gasteiger partial charge on any atom is 0.256 e. The zero-order valence-electron chi connectivity index (χ0n) is 12.5. The quantitative estimate of drug-likeness (QED) is 0.834. The molecule has 1 heterocycles. The molecule has 0 aromatic heterocycles. The summed E-state index contributed by atoms with van der Waals surface area (Å²) in [6.45, 7) is 0. The van der Waals surface area contributed by atoms with E-state index in [1.54, 1.807) is 31.4 Å². The third kappa shape index (κ3) is 3.07. The first-order valence-electron chi connectivity index (χ1n) is 7.12. The standard InChI is InChI=1S/C17H15BrN2O3/c1-23-12-8-6-11(7-9-12)20-16(21)10-15(17(20)22)19-14-5-3-2-4-13(14)18/h2-9,15,19H,10H2,1H3/t15-/m1/s1. The van der Waals surface area contributed by atoms with Gasteiger partial charge >= 0.3 is 0 Å². The van der Waals surface area contributed by atoms with Gasteiger partial charge in [-0.1, -0.05) is 12.1 Å². The van der Waals surface area contributed by atoms with Gasteiger partial charge in [0.15, 0.2) is 0 Å². The highest BCUT2D eigenvalue weighted by Gasteiger charge is 2.39. The molecule has 2 aromatic carbocycles. The first kappa shape index (κ1) is 15.6. The third-order valence-corrected chi connectivity index (χ3v) is 4.37. The van der Waals surface area contributed by atoms with Crippen LogP contribution in [0.4, 0.5) is 11.4 Å². The molecule has 23 heavy (non-hydrogen) atoms. The fourth-order valence-corrected chi connectivity index (χ4v) is 2.91. The van der Waals surface area contributed by atoms with Gasteiger partial charge in [0, 0.05) is 10.2 Å². The van der Waals surface area contributed by atoms with Crippen molar-refractivity contribution in [3.63, 3.8) is 0 Å². The highest BCUT2D eigenvalue weighted by molar-refractivity contribution is 9.10. The second kappa shape index (κ2) is 6.42. The number of ether oxygens (including phenoxy) is 1. The summed E-state index contributed by atoms with van der Waals surface area (Å²) in [6.07, 6.45) is 0.131. The van der Waals surface area contributed by atoms with Crippen molar-refractivity contribution in [1.29, 1.82) is 0 Å². The molecule has 1 aliphatic rings. The number of rotatable bonds is 4. The van der Waals surface area contributed by atoms with E-state index >= 15 is 0 Å². The molecule has 1 fully saturated rings. The fourth-order valence-electron chi connectivity index (χ4n) is 2.51. The topological polar surface area (TPSA) is 58.6 Å². The Morgan fingerprint density at radius 3 is 2.48 bits per heavy atom. The van der Waals surface area contributed by atoms with Crippen LogP contribution in [-0.2, 0) is 9.59 Å². The van der Waals surface area contributed by atoms with Crippen molar-refractivity contribution < 1.29 is 14.3 Å². The smallest absolute Gasteiger partial charge is 0.256 e. The van der Waals surface area contributed by atoms with Gasteiger partial charge in [-0.3, -0.25) is 9.59 Å². The van der Waals surface area contributed by atoms with Crippen LogP contribution in [0.3, 0.4) is 0 Å². The minimum atomic E-state index is -0.566. The molecule has 1 atom stereocenters. The number of nitrogens with zero attached hydrogens (tertiary/aromatic N) is 1. The molecule has 1 saturated heterocycles. The highest BCUT2D eigenvalue weighted by atomic mass is 79.9. The number of carbonyl (C=O) groups is 2. The Bertz CT molecular complexity index is 746. The maximum atomic E-state index is 12.6. The fraction of sp³-hybridized carbons (Fsp3) is 0.176. The Labute approximate surface area is 142 Å². The van der Waals surface area contributed by atoms with Crippen LogP contribution in [0.1, 0.15) is 6.42 Å².